The van der Waals surface area contributed by atoms with E-state index < -0.39 is 23.6 Å². The van der Waals surface area contributed by atoms with E-state index in [1.165, 1.54) is 53.4 Å². The van der Waals surface area contributed by atoms with Gasteiger partial charge >= 0.3 is 0 Å². The molecule has 1 heterocycles. The molecule has 0 radical (unpaired) electrons. The van der Waals surface area contributed by atoms with Crippen molar-refractivity contribution in [3.63, 3.8) is 0 Å². The lowest BCUT2D eigenvalue weighted by atomic mass is 9.94. The van der Waals surface area contributed by atoms with Crippen LogP contribution in [0.4, 0.5) is 14.5 Å². The Bertz CT molecular complexity index is 1380. The predicted octanol–water partition coefficient (Wildman–Crippen LogP) is 6.80. The second-order valence-electron chi connectivity index (χ2n) is 9.60. The second-order valence-corrected chi connectivity index (χ2v) is 9.60. The molecule has 0 bridgehead atoms. The number of rotatable bonds is 7. The largest absolute Gasteiger partial charge is 0.351 e. The van der Waals surface area contributed by atoms with Crippen LogP contribution in [0.25, 0.3) is 11.3 Å². The Kier molecular flexibility index (Phi) is 7.63. The summed E-state index contributed by atoms with van der Waals surface area (Å²) < 4.78 is 27.7. The van der Waals surface area contributed by atoms with E-state index in [1.807, 2.05) is 30.3 Å². The first kappa shape index (κ1) is 25.4. The van der Waals surface area contributed by atoms with E-state index in [1.54, 1.807) is 12.1 Å². The topological polar surface area (TPSA) is 65.2 Å². The molecule has 1 aromatic heterocycles. The maximum atomic E-state index is 14.1. The highest BCUT2D eigenvalue weighted by Crippen LogP contribution is 2.31. The van der Waals surface area contributed by atoms with Gasteiger partial charge in [0.15, 0.2) is 0 Å². The number of H-pyrrole nitrogens is 1. The van der Waals surface area contributed by atoms with Crippen LogP contribution in [0.5, 0.6) is 0 Å². The number of anilines is 1. The highest BCUT2D eigenvalue weighted by molar-refractivity contribution is 6.09. The molecule has 5 rings (SSSR count). The number of carbonyl (C=O) groups is 2. The molecule has 0 unspecified atom stereocenters. The first-order chi connectivity index (χ1) is 18.5. The molecule has 3 aromatic carbocycles. The first-order valence-electron chi connectivity index (χ1n) is 12.9. The van der Waals surface area contributed by atoms with Crippen molar-refractivity contribution in [3.05, 3.63) is 114 Å². The zero-order valence-electron chi connectivity index (χ0n) is 20.9. The minimum absolute atomic E-state index is 0.000427. The van der Waals surface area contributed by atoms with Crippen LogP contribution in [0.15, 0.2) is 91.0 Å². The van der Waals surface area contributed by atoms with Gasteiger partial charge in [0.1, 0.15) is 23.4 Å². The Hall–Kier alpha value is -4.26. The Labute approximate surface area is 220 Å². The van der Waals surface area contributed by atoms with E-state index in [0.717, 1.165) is 43.4 Å². The van der Waals surface area contributed by atoms with Crippen LogP contribution in [-0.2, 0) is 4.79 Å². The third-order valence-corrected chi connectivity index (χ3v) is 6.97. The number of nitrogens with zero attached hydrogens (tertiary/aromatic N) is 1. The third-order valence-electron chi connectivity index (χ3n) is 6.97. The smallest absolute Gasteiger partial charge is 0.275 e. The van der Waals surface area contributed by atoms with Gasteiger partial charge in [-0.05, 0) is 72.5 Å². The van der Waals surface area contributed by atoms with Crippen molar-refractivity contribution in [2.24, 2.45) is 0 Å². The van der Waals surface area contributed by atoms with Gasteiger partial charge in [-0.2, -0.15) is 0 Å². The molecule has 0 saturated heterocycles. The number of halogens is 2. The molecule has 1 fully saturated rings. The van der Waals surface area contributed by atoms with Gasteiger partial charge in [0, 0.05) is 17.4 Å². The molecule has 1 aliphatic rings. The summed E-state index contributed by atoms with van der Waals surface area (Å²) in [5.74, 6) is -1.74. The monoisotopic (exact) mass is 513 g/mol. The molecular weight excluding hydrogens is 484 g/mol. The molecule has 38 heavy (non-hydrogen) atoms. The second kappa shape index (κ2) is 11.4. The van der Waals surface area contributed by atoms with Crippen molar-refractivity contribution in [2.45, 2.75) is 44.2 Å². The fourth-order valence-corrected chi connectivity index (χ4v) is 5.01. The Morgan fingerprint density at radius 1 is 0.789 bits per heavy atom. The van der Waals surface area contributed by atoms with Gasteiger partial charge in [-0.1, -0.05) is 61.7 Å². The van der Waals surface area contributed by atoms with Crippen LogP contribution in [0.2, 0.25) is 0 Å². The van der Waals surface area contributed by atoms with Crippen molar-refractivity contribution in [1.82, 2.24) is 10.3 Å². The number of aromatic nitrogens is 1. The zero-order valence-corrected chi connectivity index (χ0v) is 20.9. The van der Waals surface area contributed by atoms with Crippen molar-refractivity contribution >= 4 is 17.5 Å². The summed E-state index contributed by atoms with van der Waals surface area (Å²) in [5.41, 5.74) is 2.72. The molecule has 1 saturated carbocycles. The minimum atomic E-state index is -1.10. The zero-order chi connectivity index (χ0) is 26.5. The molecular formula is C31H29F2N3O2. The van der Waals surface area contributed by atoms with Crippen LogP contribution in [0.3, 0.4) is 0 Å². The Balaban J connectivity index is 1.57. The molecule has 1 atom stereocenters. The van der Waals surface area contributed by atoms with E-state index in [4.69, 9.17) is 0 Å². The summed E-state index contributed by atoms with van der Waals surface area (Å²) in [6.45, 7) is 0. The lowest BCUT2D eigenvalue weighted by Gasteiger charge is -2.33. The average Bonchev–Trinajstić information content (AvgIpc) is 3.44. The molecule has 5 nitrogen and oxygen atoms in total. The van der Waals surface area contributed by atoms with E-state index >= 15 is 0 Å². The van der Waals surface area contributed by atoms with Crippen LogP contribution < -0.4 is 10.2 Å². The van der Waals surface area contributed by atoms with E-state index in [0.29, 0.717) is 11.3 Å². The van der Waals surface area contributed by atoms with Gasteiger partial charge < -0.3 is 10.3 Å². The molecule has 0 aliphatic heterocycles. The highest BCUT2D eigenvalue weighted by Gasteiger charge is 2.35. The lowest BCUT2D eigenvalue weighted by molar-refractivity contribution is -0.123. The molecule has 194 valence electrons. The maximum Gasteiger partial charge on any atom is 0.275 e. The number of benzene rings is 3. The van der Waals surface area contributed by atoms with Crippen LogP contribution in [-0.4, -0.2) is 22.8 Å². The van der Waals surface area contributed by atoms with Crippen LogP contribution in [0.1, 0.15) is 54.2 Å². The van der Waals surface area contributed by atoms with Crippen LogP contribution in [0, 0.1) is 11.6 Å². The van der Waals surface area contributed by atoms with Gasteiger partial charge in [-0.3, -0.25) is 14.5 Å². The highest BCUT2D eigenvalue weighted by atomic mass is 19.1. The normalized spacial score (nSPS) is 14.6. The maximum absolute atomic E-state index is 14.1. The van der Waals surface area contributed by atoms with Gasteiger partial charge in [0.05, 0.1) is 0 Å². The van der Waals surface area contributed by atoms with Gasteiger partial charge in [0.2, 0.25) is 5.91 Å². The number of aromatic amines is 1. The summed E-state index contributed by atoms with van der Waals surface area (Å²) in [7, 11) is 0. The summed E-state index contributed by atoms with van der Waals surface area (Å²) >= 11 is 0. The van der Waals surface area contributed by atoms with Crippen molar-refractivity contribution in [2.75, 3.05) is 4.90 Å². The first-order valence-corrected chi connectivity index (χ1v) is 12.9. The Morgan fingerprint density at radius 3 is 2.08 bits per heavy atom. The minimum Gasteiger partial charge on any atom is -0.351 e. The average molecular weight is 514 g/mol. The molecule has 7 heteroatoms. The summed E-state index contributed by atoms with van der Waals surface area (Å²) in [6.07, 6.45) is 4.91. The van der Waals surface area contributed by atoms with E-state index in [2.05, 4.69) is 10.3 Å². The van der Waals surface area contributed by atoms with Crippen molar-refractivity contribution in [3.8, 4) is 11.3 Å². The number of amides is 2. The fraction of sp³-hybridized carbons (Fsp3) is 0.226. The van der Waals surface area contributed by atoms with E-state index in [9.17, 15) is 18.4 Å². The summed E-state index contributed by atoms with van der Waals surface area (Å²) in [5, 5.41) is 3.12. The lowest BCUT2D eigenvalue weighted by Crippen LogP contribution is -2.47. The predicted molar refractivity (Wildman–Crippen MR) is 144 cm³/mol. The summed E-state index contributed by atoms with van der Waals surface area (Å²) in [4.78, 5) is 32.5. The number of hydrogen-bond acceptors (Lipinski definition) is 2. The summed E-state index contributed by atoms with van der Waals surface area (Å²) in [6, 6.07) is 22.9. The molecule has 4 aromatic rings. The number of carbonyl (C=O) groups excluding carboxylic acids is 2. The van der Waals surface area contributed by atoms with Gasteiger partial charge in [-0.15, -0.1) is 0 Å². The molecule has 1 aliphatic carbocycles. The van der Waals surface area contributed by atoms with E-state index in [-0.39, 0.29) is 17.6 Å². The van der Waals surface area contributed by atoms with Gasteiger partial charge in [0.25, 0.3) is 5.91 Å². The molecule has 2 N–H and O–H groups in total. The number of hydrogen-bond donors (Lipinski definition) is 2. The quantitative estimate of drug-likeness (QED) is 0.286. The van der Waals surface area contributed by atoms with Crippen molar-refractivity contribution < 1.29 is 18.4 Å². The third kappa shape index (κ3) is 5.67. The molecule has 0 spiro atoms. The standard InChI is InChI=1S/C31H29F2N3O2/c32-23-13-11-22(12-14-23)29(30(37)34-25-9-5-2-6-10-25)36(26-17-15-24(33)16-18-26)31(38)28-20-19-27(35-28)21-7-3-1-4-8-21/h1,3-4,7-8,11-20,25,29,35H,2,5-6,9-10H2,(H,34,37)/t29-/m1/s1. The molecule has 2 amide bonds. The SMILES string of the molecule is O=C(NC1CCCCC1)[C@@H](c1ccc(F)cc1)N(C(=O)c1ccc(-c2ccccc2)[nH]1)c1ccc(F)cc1. The van der Waals surface area contributed by atoms with Crippen molar-refractivity contribution in [1.29, 1.82) is 0 Å². The number of nitrogens with one attached hydrogen (secondary N) is 2. The van der Waals surface area contributed by atoms with Gasteiger partial charge in [-0.25, -0.2) is 8.78 Å². The Morgan fingerprint density at radius 2 is 1.42 bits per heavy atom. The van der Waals surface area contributed by atoms with Crippen LogP contribution >= 0.6 is 0 Å². The fourth-order valence-electron chi connectivity index (χ4n) is 5.01.